The van der Waals surface area contributed by atoms with Crippen LogP contribution in [0.25, 0.3) is 0 Å². The van der Waals surface area contributed by atoms with E-state index in [1.807, 2.05) is 54.6 Å². The zero-order valence-electron chi connectivity index (χ0n) is 20.3. The predicted octanol–water partition coefficient (Wildman–Crippen LogP) is 8.15. The molecule has 1 atom stereocenters. The summed E-state index contributed by atoms with van der Waals surface area (Å²) in [5.41, 5.74) is 4.27. The molecule has 0 saturated heterocycles. The van der Waals surface area contributed by atoms with Gasteiger partial charge < -0.3 is 19.7 Å². The van der Waals surface area contributed by atoms with E-state index in [9.17, 15) is 4.79 Å². The lowest BCUT2D eigenvalue weighted by Gasteiger charge is -2.37. The number of anilines is 3. The Kier molecular flexibility index (Phi) is 5.78. The molecule has 0 bridgehead atoms. The number of carbonyl (C=O) groups is 1. The number of hydrogen-bond donors (Lipinski definition) is 1. The first-order valence-corrected chi connectivity index (χ1v) is 13.0. The summed E-state index contributed by atoms with van der Waals surface area (Å²) in [6.07, 6.45) is 0. The summed E-state index contributed by atoms with van der Waals surface area (Å²) in [5.74, 6) is 0.936. The van der Waals surface area contributed by atoms with Gasteiger partial charge in [-0.1, -0.05) is 41.4 Å². The van der Waals surface area contributed by atoms with Gasteiger partial charge in [0.15, 0.2) is 5.60 Å². The minimum atomic E-state index is -1.14. The quantitative estimate of drug-likeness (QED) is 0.264. The maximum absolute atomic E-state index is 13.2. The third-order valence-electron chi connectivity index (χ3n) is 7.03. The van der Waals surface area contributed by atoms with Crippen LogP contribution in [0.4, 0.5) is 17.1 Å². The molecule has 0 aliphatic carbocycles. The van der Waals surface area contributed by atoms with Crippen LogP contribution in [0.15, 0.2) is 78.9 Å². The Labute approximate surface area is 225 Å². The van der Waals surface area contributed by atoms with Gasteiger partial charge in [-0.3, -0.25) is 0 Å². The maximum Gasteiger partial charge on any atom is 0.340 e. The Morgan fingerprint density at radius 3 is 2.43 bits per heavy atom. The second-order valence-corrected chi connectivity index (χ2v) is 9.87. The summed E-state index contributed by atoms with van der Waals surface area (Å²) in [6, 6.07) is 24.7. The average Bonchev–Trinajstić information content (AvgIpc) is 3.20. The molecule has 186 valence electrons. The molecule has 2 aliphatic heterocycles. The average molecular weight is 531 g/mol. The van der Waals surface area contributed by atoms with Crippen LogP contribution in [0.2, 0.25) is 10.0 Å². The number of carbonyl (C=O) groups excluding carboxylic acids is 1. The number of nitrogens with zero attached hydrogens (tertiary/aromatic N) is 1. The molecule has 1 spiro atoms. The number of hydrogen-bond acceptors (Lipinski definition) is 5. The van der Waals surface area contributed by atoms with Gasteiger partial charge in [0.25, 0.3) is 0 Å². The monoisotopic (exact) mass is 530 g/mol. The summed E-state index contributed by atoms with van der Waals surface area (Å²) >= 11 is 12.5. The SMILES string of the molecule is CCN(CC)c1ccc2c(c1)Oc1ccc(Nc3ccc(Cl)cc3Cl)cc1[C@@]21OC(=O)c2ccccc21. The Morgan fingerprint density at radius 2 is 1.65 bits per heavy atom. The number of benzene rings is 4. The van der Waals surface area contributed by atoms with Gasteiger partial charge in [0, 0.05) is 52.2 Å². The zero-order valence-corrected chi connectivity index (χ0v) is 21.9. The molecule has 1 N–H and O–H groups in total. The fraction of sp³-hybridized carbons (Fsp3) is 0.167. The van der Waals surface area contributed by atoms with E-state index in [1.165, 1.54) is 0 Å². The van der Waals surface area contributed by atoms with Crippen molar-refractivity contribution in [2.75, 3.05) is 23.3 Å². The second-order valence-electron chi connectivity index (χ2n) is 9.03. The van der Waals surface area contributed by atoms with Gasteiger partial charge in [-0.05, 0) is 68.4 Å². The van der Waals surface area contributed by atoms with Gasteiger partial charge >= 0.3 is 5.97 Å². The Hall–Kier alpha value is -3.67. The largest absolute Gasteiger partial charge is 0.456 e. The van der Waals surface area contributed by atoms with Gasteiger partial charge in [-0.15, -0.1) is 0 Å². The van der Waals surface area contributed by atoms with E-state index in [0.29, 0.717) is 32.8 Å². The van der Waals surface area contributed by atoms with Crippen LogP contribution in [-0.2, 0) is 10.3 Å². The van der Waals surface area contributed by atoms with Gasteiger partial charge in [0.05, 0.1) is 16.3 Å². The van der Waals surface area contributed by atoms with Crippen LogP contribution in [-0.4, -0.2) is 19.1 Å². The summed E-state index contributed by atoms with van der Waals surface area (Å²) in [5, 5.41) is 4.42. The van der Waals surface area contributed by atoms with Crippen LogP contribution in [0.5, 0.6) is 11.5 Å². The highest BCUT2D eigenvalue weighted by Crippen LogP contribution is 2.57. The third-order valence-corrected chi connectivity index (χ3v) is 7.58. The topological polar surface area (TPSA) is 50.8 Å². The summed E-state index contributed by atoms with van der Waals surface area (Å²) in [7, 11) is 0. The Morgan fingerprint density at radius 1 is 0.838 bits per heavy atom. The molecule has 2 heterocycles. The van der Waals surface area contributed by atoms with Crippen LogP contribution in [0.1, 0.15) is 40.9 Å². The summed E-state index contributed by atoms with van der Waals surface area (Å²) < 4.78 is 12.8. The maximum atomic E-state index is 13.2. The van der Waals surface area contributed by atoms with Gasteiger partial charge in [0.2, 0.25) is 0 Å². The number of rotatable bonds is 5. The molecular weight excluding hydrogens is 507 g/mol. The number of ether oxygens (including phenoxy) is 2. The van der Waals surface area contributed by atoms with Crippen molar-refractivity contribution < 1.29 is 14.3 Å². The van der Waals surface area contributed by atoms with E-state index in [2.05, 4.69) is 30.1 Å². The minimum absolute atomic E-state index is 0.360. The first-order chi connectivity index (χ1) is 17.9. The van der Waals surface area contributed by atoms with Crippen molar-refractivity contribution in [1.29, 1.82) is 0 Å². The third kappa shape index (κ3) is 3.73. The van der Waals surface area contributed by atoms with Crippen molar-refractivity contribution in [3.8, 4) is 11.5 Å². The van der Waals surface area contributed by atoms with Crippen molar-refractivity contribution >= 4 is 46.2 Å². The molecule has 0 unspecified atom stereocenters. The lowest BCUT2D eigenvalue weighted by molar-refractivity contribution is 0.0224. The standard InChI is InChI=1S/C30H24Cl2N2O3/c1-3-34(4-2)20-11-12-23-28(17-20)36-27-14-10-19(33-26-13-9-18(31)15-25(26)32)16-24(27)30(23)22-8-6-5-7-21(22)29(35)37-30/h5-17,33H,3-4H2,1-2H3/t30-/m0/s1. The minimum Gasteiger partial charge on any atom is -0.456 e. The van der Waals surface area contributed by atoms with E-state index < -0.39 is 5.60 Å². The normalized spacial score (nSPS) is 16.9. The highest BCUT2D eigenvalue weighted by atomic mass is 35.5. The van der Waals surface area contributed by atoms with Crippen LogP contribution < -0.4 is 15.0 Å². The lowest BCUT2D eigenvalue weighted by atomic mass is 9.77. The molecule has 0 amide bonds. The molecule has 0 saturated carbocycles. The molecule has 7 heteroatoms. The van der Waals surface area contributed by atoms with Crippen molar-refractivity contribution in [3.05, 3.63) is 111 Å². The molecule has 4 aromatic carbocycles. The molecule has 2 aliphatic rings. The summed E-state index contributed by atoms with van der Waals surface area (Å²) in [6.45, 7) is 5.99. The highest BCUT2D eigenvalue weighted by molar-refractivity contribution is 6.36. The fourth-order valence-corrected chi connectivity index (χ4v) is 5.73. The van der Waals surface area contributed by atoms with E-state index in [1.54, 1.807) is 18.2 Å². The lowest BCUT2D eigenvalue weighted by Crippen LogP contribution is -2.33. The number of halogens is 2. The highest BCUT2D eigenvalue weighted by Gasteiger charge is 2.53. The molecule has 4 aromatic rings. The van der Waals surface area contributed by atoms with E-state index >= 15 is 0 Å². The molecule has 6 rings (SSSR count). The smallest absolute Gasteiger partial charge is 0.340 e. The van der Waals surface area contributed by atoms with Crippen LogP contribution in [0.3, 0.4) is 0 Å². The molecule has 0 fully saturated rings. The number of esters is 1. The zero-order chi connectivity index (χ0) is 25.7. The van der Waals surface area contributed by atoms with E-state index in [-0.39, 0.29) is 5.97 Å². The molecule has 0 radical (unpaired) electrons. The second kappa shape index (κ2) is 9.02. The Bertz CT molecular complexity index is 1550. The van der Waals surface area contributed by atoms with Crippen molar-refractivity contribution in [2.45, 2.75) is 19.4 Å². The first kappa shape index (κ1) is 23.7. The van der Waals surface area contributed by atoms with Gasteiger partial charge in [-0.25, -0.2) is 4.79 Å². The van der Waals surface area contributed by atoms with Crippen molar-refractivity contribution in [3.63, 3.8) is 0 Å². The molecule has 37 heavy (non-hydrogen) atoms. The molecular formula is C30H24Cl2N2O3. The number of nitrogens with one attached hydrogen (secondary N) is 1. The van der Waals surface area contributed by atoms with Crippen LogP contribution >= 0.6 is 23.2 Å². The van der Waals surface area contributed by atoms with Gasteiger partial charge in [0.1, 0.15) is 11.5 Å². The van der Waals surface area contributed by atoms with Crippen molar-refractivity contribution in [2.24, 2.45) is 0 Å². The van der Waals surface area contributed by atoms with Gasteiger partial charge in [-0.2, -0.15) is 0 Å². The molecule has 5 nitrogen and oxygen atoms in total. The number of fused-ring (bicyclic) bond motifs is 6. The van der Waals surface area contributed by atoms with Crippen LogP contribution in [0, 0.1) is 0 Å². The van der Waals surface area contributed by atoms with E-state index in [0.717, 1.165) is 41.2 Å². The molecule has 0 aromatic heterocycles. The summed E-state index contributed by atoms with van der Waals surface area (Å²) in [4.78, 5) is 15.4. The van der Waals surface area contributed by atoms with Crippen molar-refractivity contribution in [1.82, 2.24) is 0 Å². The van der Waals surface area contributed by atoms with E-state index in [4.69, 9.17) is 32.7 Å². The predicted molar refractivity (Wildman–Crippen MR) is 148 cm³/mol. The fourth-order valence-electron chi connectivity index (χ4n) is 5.27. The first-order valence-electron chi connectivity index (χ1n) is 12.2. The Balaban J connectivity index is 1.54.